The summed E-state index contributed by atoms with van der Waals surface area (Å²) in [6, 6.07) is 2.09. The molecular formula is C12H22N4. The van der Waals surface area contributed by atoms with Crippen molar-refractivity contribution in [3.8, 4) is 0 Å². The quantitative estimate of drug-likeness (QED) is 0.716. The van der Waals surface area contributed by atoms with Crippen molar-refractivity contribution in [1.82, 2.24) is 14.7 Å². The van der Waals surface area contributed by atoms with Crippen LogP contribution in [0.15, 0.2) is 12.3 Å². The van der Waals surface area contributed by atoms with Crippen molar-refractivity contribution < 1.29 is 0 Å². The van der Waals surface area contributed by atoms with Crippen LogP contribution in [0.1, 0.15) is 20.8 Å². The summed E-state index contributed by atoms with van der Waals surface area (Å²) in [6.45, 7) is 11.3. The molecule has 0 spiro atoms. The number of hydrogen-bond acceptors (Lipinski definition) is 3. The highest BCUT2D eigenvalue weighted by Gasteiger charge is 2.26. The first-order chi connectivity index (χ1) is 7.48. The summed E-state index contributed by atoms with van der Waals surface area (Å²) in [5.74, 6) is 1.23. The van der Waals surface area contributed by atoms with Crippen molar-refractivity contribution in [3.05, 3.63) is 12.3 Å². The average molecular weight is 222 g/mol. The molecule has 1 aliphatic rings. The van der Waals surface area contributed by atoms with Crippen LogP contribution in [-0.2, 0) is 7.05 Å². The van der Waals surface area contributed by atoms with E-state index in [4.69, 9.17) is 0 Å². The summed E-state index contributed by atoms with van der Waals surface area (Å²) in [4.78, 5) is 4.95. The third-order valence-corrected chi connectivity index (χ3v) is 3.35. The second-order valence-electron chi connectivity index (χ2n) is 5.46. The van der Waals surface area contributed by atoms with Crippen molar-refractivity contribution in [2.75, 3.05) is 31.1 Å². The smallest absolute Gasteiger partial charge is 0.126 e. The predicted molar refractivity (Wildman–Crippen MR) is 66.7 cm³/mol. The number of aromatic nitrogens is 2. The van der Waals surface area contributed by atoms with Crippen LogP contribution in [0.2, 0.25) is 0 Å². The Hall–Kier alpha value is -1.03. The topological polar surface area (TPSA) is 24.3 Å². The van der Waals surface area contributed by atoms with E-state index < -0.39 is 0 Å². The number of rotatable bonds is 1. The van der Waals surface area contributed by atoms with Gasteiger partial charge in [0, 0.05) is 44.8 Å². The Morgan fingerprint density at radius 2 is 1.75 bits per heavy atom. The molecular weight excluding hydrogens is 200 g/mol. The molecule has 2 heterocycles. The van der Waals surface area contributed by atoms with Crippen LogP contribution in [0, 0.1) is 0 Å². The lowest BCUT2D eigenvalue weighted by molar-refractivity contribution is 0.128. The summed E-state index contributed by atoms with van der Waals surface area (Å²) >= 11 is 0. The van der Waals surface area contributed by atoms with Gasteiger partial charge < -0.3 is 4.90 Å². The Kier molecular flexibility index (Phi) is 2.93. The van der Waals surface area contributed by atoms with Gasteiger partial charge in [-0.1, -0.05) is 0 Å². The maximum Gasteiger partial charge on any atom is 0.126 e. The van der Waals surface area contributed by atoms with Gasteiger partial charge in [-0.25, -0.2) is 0 Å². The molecule has 0 aromatic carbocycles. The molecule has 2 rings (SSSR count). The second kappa shape index (κ2) is 4.09. The van der Waals surface area contributed by atoms with E-state index in [1.807, 2.05) is 17.9 Å². The molecule has 0 saturated carbocycles. The summed E-state index contributed by atoms with van der Waals surface area (Å²) in [5, 5.41) is 4.22. The summed E-state index contributed by atoms with van der Waals surface area (Å²) in [6.07, 6.45) is 1.87. The summed E-state index contributed by atoms with van der Waals surface area (Å²) in [5.41, 5.74) is 0.290. The fourth-order valence-corrected chi connectivity index (χ4v) is 2.28. The Bertz CT molecular complexity index is 342. The predicted octanol–water partition coefficient (Wildman–Crippen LogP) is 1.34. The molecule has 0 amide bonds. The van der Waals surface area contributed by atoms with Crippen LogP contribution in [0.4, 0.5) is 5.82 Å². The lowest BCUT2D eigenvalue weighted by Gasteiger charge is -2.42. The van der Waals surface area contributed by atoms with Gasteiger partial charge in [0.05, 0.1) is 6.20 Å². The highest BCUT2D eigenvalue weighted by Crippen LogP contribution is 2.19. The third-order valence-electron chi connectivity index (χ3n) is 3.35. The first-order valence-electron chi connectivity index (χ1n) is 5.96. The highest BCUT2D eigenvalue weighted by molar-refractivity contribution is 5.38. The Morgan fingerprint density at radius 3 is 2.19 bits per heavy atom. The number of aryl methyl sites for hydroxylation is 1. The van der Waals surface area contributed by atoms with Crippen LogP contribution in [0.5, 0.6) is 0 Å². The third kappa shape index (κ3) is 2.21. The molecule has 4 nitrogen and oxygen atoms in total. The van der Waals surface area contributed by atoms with Crippen molar-refractivity contribution in [2.45, 2.75) is 26.3 Å². The van der Waals surface area contributed by atoms with Gasteiger partial charge in [-0.15, -0.1) is 0 Å². The largest absolute Gasteiger partial charge is 0.354 e. The van der Waals surface area contributed by atoms with Gasteiger partial charge in [0.15, 0.2) is 0 Å². The number of nitrogens with zero attached hydrogens (tertiary/aromatic N) is 4. The SMILES string of the molecule is Cn1nccc1N1CCN(C(C)(C)C)CC1. The van der Waals surface area contributed by atoms with Gasteiger partial charge in [0.1, 0.15) is 5.82 Å². The van der Waals surface area contributed by atoms with E-state index in [-0.39, 0.29) is 0 Å². The summed E-state index contributed by atoms with van der Waals surface area (Å²) in [7, 11) is 2.01. The van der Waals surface area contributed by atoms with Crippen LogP contribution in [0.3, 0.4) is 0 Å². The molecule has 90 valence electrons. The zero-order chi connectivity index (χ0) is 11.8. The minimum absolute atomic E-state index is 0.290. The molecule has 0 atom stereocenters. The number of hydrogen-bond donors (Lipinski definition) is 0. The minimum Gasteiger partial charge on any atom is -0.354 e. The highest BCUT2D eigenvalue weighted by atomic mass is 15.4. The van der Waals surface area contributed by atoms with E-state index in [9.17, 15) is 0 Å². The molecule has 16 heavy (non-hydrogen) atoms. The van der Waals surface area contributed by atoms with E-state index in [2.05, 4.69) is 41.7 Å². The van der Waals surface area contributed by atoms with E-state index in [0.29, 0.717) is 5.54 Å². The van der Waals surface area contributed by atoms with Crippen LogP contribution in [0.25, 0.3) is 0 Å². The fourth-order valence-electron chi connectivity index (χ4n) is 2.28. The zero-order valence-electron chi connectivity index (χ0n) is 10.8. The molecule has 1 fully saturated rings. The van der Waals surface area contributed by atoms with E-state index in [0.717, 1.165) is 26.2 Å². The van der Waals surface area contributed by atoms with Gasteiger partial charge in [0.25, 0.3) is 0 Å². The normalized spacial score (nSPS) is 19.1. The van der Waals surface area contributed by atoms with Gasteiger partial charge in [-0.05, 0) is 20.8 Å². The molecule has 1 aromatic rings. The van der Waals surface area contributed by atoms with Crippen molar-refractivity contribution >= 4 is 5.82 Å². The van der Waals surface area contributed by atoms with Crippen LogP contribution in [-0.4, -0.2) is 46.4 Å². The Balaban J connectivity index is 1.98. The monoisotopic (exact) mass is 222 g/mol. The lowest BCUT2D eigenvalue weighted by atomic mass is 10.1. The summed E-state index contributed by atoms with van der Waals surface area (Å²) < 4.78 is 1.95. The first-order valence-corrected chi connectivity index (χ1v) is 5.96. The molecule has 1 aromatic heterocycles. The second-order valence-corrected chi connectivity index (χ2v) is 5.46. The molecule has 1 saturated heterocycles. The van der Waals surface area contributed by atoms with Gasteiger partial charge in [-0.3, -0.25) is 9.58 Å². The Labute approximate surface area is 97.8 Å². The minimum atomic E-state index is 0.290. The van der Waals surface area contributed by atoms with Gasteiger partial charge in [-0.2, -0.15) is 5.10 Å². The molecule has 1 aliphatic heterocycles. The maximum atomic E-state index is 4.22. The Morgan fingerprint density at radius 1 is 1.12 bits per heavy atom. The number of anilines is 1. The van der Waals surface area contributed by atoms with E-state index >= 15 is 0 Å². The lowest BCUT2D eigenvalue weighted by Crippen LogP contribution is -2.53. The van der Waals surface area contributed by atoms with E-state index in [1.54, 1.807) is 0 Å². The molecule has 0 bridgehead atoms. The standard InChI is InChI=1S/C12H22N4/c1-12(2,3)16-9-7-15(8-10-16)11-5-6-13-14(11)4/h5-6H,7-10H2,1-4H3. The number of piperazine rings is 1. The van der Waals surface area contributed by atoms with Gasteiger partial charge in [0.2, 0.25) is 0 Å². The van der Waals surface area contributed by atoms with Crippen LogP contribution >= 0.6 is 0 Å². The zero-order valence-corrected chi connectivity index (χ0v) is 10.8. The maximum absolute atomic E-state index is 4.22. The average Bonchev–Trinajstić information content (AvgIpc) is 2.63. The van der Waals surface area contributed by atoms with Gasteiger partial charge >= 0.3 is 0 Å². The first kappa shape index (κ1) is 11.5. The molecule has 0 N–H and O–H groups in total. The molecule has 4 heteroatoms. The van der Waals surface area contributed by atoms with Crippen LogP contribution < -0.4 is 4.90 Å². The van der Waals surface area contributed by atoms with Crippen molar-refractivity contribution in [1.29, 1.82) is 0 Å². The van der Waals surface area contributed by atoms with Crippen molar-refractivity contribution in [3.63, 3.8) is 0 Å². The van der Waals surface area contributed by atoms with Crippen molar-refractivity contribution in [2.24, 2.45) is 7.05 Å². The molecule has 0 radical (unpaired) electrons. The fraction of sp³-hybridized carbons (Fsp3) is 0.750. The molecule has 0 unspecified atom stereocenters. The van der Waals surface area contributed by atoms with E-state index in [1.165, 1.54) is 5.82 Å². The molecule has 0 aliphatic carbocycles.